The van der Waals surface area contributed by atoms with Crippen LogP contribution in [-0.2, 0) is 0 Å². The SMILES string of the molecule is C/C=C\c1c(C)cccc1C(C)N. The molecule has 0 aliphatic carbocycles. The molecular weight excluding hydrogens is 158 g/mol. The zero-order chi connectivity index (χ0) is 9.84. The molecule has 0 spiro atoms. The van der Waals surface area contributed by atoms with Crippen molar-refractivity contribution < 1.29 is 0 Å². The highest BCUT2D eigenvalue weighted by Crippen LogP contribution is 2.20. The highest BCUT2D eigenvalue weighted by Gasteiger charge is 2.05. The van der Waals surface area contributed by atoms with Gasteiger partial charge in [-0.3, -0.25) is 0 Å². The molecule has 0 radical (unpaired) electrons. The molecule has 2 N–H and O–H groups in total. The minimum atomic E-state index is 0.103. The van der Waals surface area contributed by atoms with Crippen LogP contribution < -0.4 is 5.73 Å². The first-order valence-corrected chi connectivity index (χ1v) is 4.64. The zero-order valence-corrected chi connectivity index (χ0v) is 8.54. The second-order valence-corrected chi connectivity index (χ2v) is 3.37. The van der Waals surface area contributed by atoms with Crippen molar-refractivity contribution in [3.63, 3.8) is 0 Å². The molecule has 70 valence electrons. The number of aryl methyl sites for hydroxylation is 1. The van der Waals surface area contributed by atoms with E-state index in [-0.39, 0.29) is 6.04 Å². The minimum absolute atomic E-state index is 0.103. The maximum atomic E-state index is 5.88. The van der Waals surface area contributed by atoms with Crippen LogP contribution in [0, 0.1) is 6.92 Å². The molecule has 1 heteroatoms. The van der Waals surface area contributed by atoms with Gasteiger partial charge in [-0.25, -0.2) is 0 Å². The third-order valence-electron chi connectivity index (χ3n) is 2.18. The molecule has 0 aliphatic heterocycles. The highest BCUT2D eigenvalue weighted by atomic mass is 14.6. The Labute approximate surface area is 80.3 Å². The van der Waals surface area contributed by atoms with Gasteiger partial charge in [0, 0.05) is 6.04 Å². The van der Waals surface area contributed by atoms with E-state index in [2.05, 4.69) is 31.2 Å². The van der Waals surface area contributed by atoms with Crippen LogP contribution in [0.5, 0.6) is 0 Å². The number of benzene rings is 1. The Hall–Kier alpha value is -1.08. The Morgan fingerprint density at radius 2 is 2.08 bits per heavy atom. The number of hydrogen-bond donors (Lipinski definition) is 1. The Balaban J connectivity index is 3.25. The number of nitrogens with two attached hydrogens (primary N) is 1. The molecular formula is C12H17N. The van der Waals surface area contributed by atoms with Crippen LogP contribution in [0.15, 0.2) is 24.3 Å². The second kappa shape index (κ2) is 4.24. The Bertz CT molecular complexity index is 311. The van der Waals surface area contributed by atoms with Crippen molar-refractivity contribution in [2.24, 2.45) is 5.73 Å². The van der Waals surface area contributed by atoms with Gasteiger partial charge in [-0.2, -0.15) is 0 Å². The molecule has 1 rings (SSSR count). The smallest absolute Gasteiger partial charge is 0.0272 e. The number of rotatable bonds is 2. The fraction of sp³-hybridized carbons (Fsp3) is 0.333. The van der Waals surface area contributed by atoms with Gasteiger partial charge in [-0.1, -0.05) is 30.4 Å². The summed E-state index contributed by atoms with van der Waals surface area (Å²) in [6, 6.07) is 6.36. The van der Waals surface area contributed by atoms with Crippen LogP contribution in [0.25, 0.3) is 6.08 Å². The molecule has 0 heterocycles. The lowest BCUT2D eigenvalue weighted by Crippen LogP contribution is -2.07. The van der Waals surface area contributed by atoms with Gasteiger partial charge in [0.05, 0.1) is 0 Å². The molecule has 0 aromatic heterocycles. The van der Waals surface area contributed by atoms with Crippen molar-refractivity contribution >= 4 is 6.08 Å². The van der Waals surface area contributed by atoms with E-state index < -0.39 is 0 Å². The molecule has 1 nitrogen and oxygen atoms in total. The molecule has 13 heavy (non-hydrogen) atoms. The average Bonchev–Trinajstić information content (AvgIpc) is 2.08. The summed E-state index contributed by atoms with van der Waals surface area (Å²) >= 11 is 0. The third-order valence-corrected chi connectivity index (χ3v) is 2.18. The molecule has 1 aromatic carbocycles. The van der Waals surface area contributed by atoms with Gasteiger partial charge in [0.25, 0.3) is 0 Å². The number of allylic oxidation sites excluding steroid dienone is 1. The van der Waals surface area contributed by atoms with Gasteiger partial charge in [0.15, 0.2) is 0 Å². The van der Waals surface area contributed by atoms with Crippen LogP contribution in [0.2, 0.25) is 0 Å². The molecule has 0 fully saturated rings. The first-order chi connectivity index (χ1) is 6.16. The predicted octanol–water partition coefficient (Wildman–Crippen LogP) is 3.05. The van der Waals surface area contributed by atoms with Crippen LogP contribution in [-0.4, -0.2) is 0 Å². The summed E-state index contributed by atoms with van der Waals surface area (Å²) in [5.74, 6) is 0. The normalized spacial score (nSPS) is 13.5. The predicted molar refractivity (Wildman–Crippen MR) is 58.5 cm³/mol. The quantitative estimate of drug-likeness (QED) is 0.734. The topological polar surface area (TPSA) is 26.0 Å². The van der Waals surface area contributed by atoms with Crippen molar-refractivity contribution in [1.82, 2.24) is 0 Å². The summed E-state index contributed by atoms with van der Waals surface area (Å²) in [6.07, 6.45) is 4.17. The molecule has 1 unspecified atom stereocenters. The zero-order valence-electron chi connectivity index (χ0n) is 8.54. The summed E-state index contributed by atoms with van der Waals surface area (Å²) in [5.41, 5.74) is 9.65. The van der Waals surface area contributed by atoms with Gasteiger partial charge in [0.2, 0.25) is 0 Å². The first kappa shape index (κ1) is 10.0. The van der Waals surface area contributed by atoms with E-state index >= 15 is 0 Å². The fourth-order valence-electron chi connectivity index (χ4n) is 1.49. The molecule has 0 aliphatic rings. The van der Waals surface area contributed by atoms with Gasteiger partial charge in [-0.15, -0.1) is 0 Å². The van der Waals surface area contributed by atoms with Gasteiger partial charge < -0.3 is 5.73 Å². The summed E-state index contributed by atoms with van der Waals surface area (Å²) in [5, 5.41) is 0. The summed E-state index contributed by atoms with van der Waals surface area (Å²) in [7, 11) is 0. The highest BCUT2D eigenvalue weighted by molar-refractivity contribution is 5.58. The summed E-state index contributed by atoms with van der Waals surface area (Å²) in [4.78, 5) is 0. The standard InChI is InChI=1S/C12H17N/c1-4-6-11-9(2)7-5-8-12(11)10(3)13/h4-8,10H,13H2,1-3H3/b6-4-. The Morgan fingerprint density at radius 3 is 2.62 bits per heavy atom. The molecule has 0 saturated carbocycles. The molecule has 0 bridgehead atoms. The first-order valence-electron chi connectivity index (χ1n) is 4.64. The maximum absolute atomic E-state index is 5.88. The van der Waals surface area contributed by atoms with E-state index in [9.17, 15) is 0 Å². The minimum Gasteiger partial charge on any atom is -0.324 e. The molecule has 1 atom stereocenters. The van der Waals surface area contributed by atoms with E-state index in [0.717, 1.165) is 0 Å². The van der Waals surface area contributed by atoms with Gasteiger partial charge >= 0.3 is 0 Å². The van der Waals surface area contributed by atoms with Crippen molar-refractivity contribution in [1.29, 1.82) is 0 Å². The van der Waals surface area contributed by atoms with E-state index in [0.29, 0.717) is 0 Å². The number of hydrogen-bond acceptors (Lipinski definition) is 1. The van der Waals surface area contributed by atoms with E-state index in [4.69, 9.17) is 5.73 Å². The van der Waals surface area contributed by atoms with E-state index in [1.54, 1.807) is 0 Å². The van der Waals surface area contributed by atoms with Crippen molar-refractivity contribution in [3.05, 3.63) is 41.0 Å². The van der Waals surface area contributed by atoms with Gasteiger partial charge in [0.1, 0.15) is 0 Å². The average molecular weight is 175 g/mol. The largest absolute Gasteiger partial charge is 0.324 e. The summed E-state index contributed by atoms with van der Waals surface area (Å²) < 4.78 is 0. The molecule has 0 saturated heterocycles. The Kier molecular flexibility index (Phi) is 3.26. The Morgan fingerprint density at radius 1 is 1.38 bits per heavy atom. The van der Waals surface area contributed by atoms with E-state index in [1.807, 2.05) is 19.9 Å². The monoisotopic (exact) mass is 175 g/mol. The van der Waals surface area contributed by atoms with Crippen molar-refractivity contribution in [2.75, 3.05) is 0 Å². The van der Waals surface area contributed by atoms with Crippen molar-refractivity contribution in [3.8, 4) is 0 Å². The lowest BCUT2D eigenvalue weighted by molar-refractivity contribution is 0.814. The third kappa shape index (κ3) is 2.19. The van der Waals surface area contributed by atoms with Crippen LogP contribution >= 0.6 is 0 Å². The lowest BCUT2D eigenvalue weighted by Gasteiger charge is -2.11. The molecule has 1 aromatic rings. The van der Waals surface area contributed by atoms with Crippen LogP contribution in [0.1, 0.15) is 36.6 Å². The van der Waals surface area contributed by atoms with Gasteiger partial charge in [-0.05, 0) is 37.5 Å². The second-order valence-electron chi connectivity index (χ2n) is 3.37. The van der Waals surface area contributed by atoms with Crippen LogP contribution in [0.3, 0.4) is 0 Å². The lowest BCUT2D eigenvalue weighted by atomic mass is 9.97. The van der Waals surface area contributed by atoms with Crippen molar-refractivity contribution in [2.45, 2.75) is 26.8 Å². The fourth-order valence-corrected chi connectivity index (χ4v) is 1.49. The summed E-state index contributed by atoms with van der Waals surface area (Å²) in [6.45, 7) is 6.15. The van der Waals surface area contributed by atoms with Crippen LogP contribution in [0.4, 0.5) is 0 Å². The maximum Gasteiger partial charge on any atom is 0.0272 e. The molecule has 0 amide bonds. The van der Waals surface area contributed by atoms with E-state index in [1.165, 1.54) is 16.7 Å².